The lowest BCUT2D eigenvalue weighted by molar-refractivity contribution is 0.0695. The fourth-order valence-electron chi connectivity index (χ4n) is 0.848. The molecule has 1 amide bonds. The molecule has 0 spiro atoms. The van der Waals surface area contributed by atoms with Gasteiger partial charge in [0.05, 0.1) is 11.1 Å². The van der Waals surface area contributed by atoms with Gasteiger partial charge in [-0.15, -0.1) is 0 Å². The van der Waals surface area contributed by atoms with E-state index in [2.05, 4.69) is 0 Å². The molecule has 68 valence electrons. The van der Waals surface area contributed by atoms with Crippen molar-refractivity contribution in [2.24, 2.45) is 5.73 Å². The molecule has 0 saturated heterocycles. The van der Waals surface area contributed by atoms with Crippen molar-refractivity contribution in [3.63, 3.8) is 0 Å². The Hall–Kier alpha value is -1.91. The molecule has 0 aliphatic carbocycles. The number of aromatic carboxylic acids is 1. The second-order valence-electron chi connectivity index (χ2n) is 2.36. The zero-order chi connectivity index (χ0) is 10.0. The third-order valence-corrected chi connectivity index (χ3v) is 1.48. The standard InChI is InChI=1S/C8H6FNO3/c9-6-3-4(8(12)13)1-2-5(6)7(10)11/h1-3H,(H2,10,11)(H,12,13). The third kappa shape index (κ3) is 1.81. The average Bonchev–Trinajstić information content (AvgIpc) is 2.03. The molecule has 1 aromatic carbocycles. The lowest BCUT2D eigenvalue weighted by atomic mass is 10.1. The van der Waals surface area contributed by atoms with E-state index in [1.165, 1.54) is 0 Å². The van der Waals surface area contributed by atoms with Gasteiger partial charge in [-0.2, -0.15) is 0 Å². The first-order valence-electron chi connectivity index (χ1n) is 3.35. The predicted octanol–water partition coefficient (Wildman–Crippen LogP) is 0.623. The Bertz CT molecular complexity index is 376. The maximum Gasteiger partial charge on any atom is 0.335 e. The topological polar surface area (TPSA) is 80.4 Å². The molecule has 0 heterocycles. The van der Waals surface area contributed by atoms with Crippen molar-refractivity contribution in [1.29, 1.82) is 0 Å². The summed E-state index contributed by atoms with van der Waals surface area (Å²) in [6, 6.07) is 2.91. The van der Waals surface area contributed by atoms with Gasteiger partial charge in [0.1, 0.15) is 5.82 Å². The summed E-state index contributed by atoms with van der Waals surface area (Å²) in [5, 5.41) is 8.46. The number of primary amides is 1. The number of nitrogens with two attached hydrogens (primary N) is 1. The Morgan fingerprint density at radius 3 is 2.38 bits per heavy atom. The summed E-state index contributed by atoms with van der Waals surface area (Å²) >= 11 is 0. The van der Waals surface area contributed by atoms with Crippen molar-refractivity contribution in [1.82, 2.24) is 0 Å². The minimum Gasteiger partial charge on any atom is -0.478 e. The summed E-state index contributed by atoms with van der Waals surface area (Å²) in [7, 11) is 0. The number of carboxylic acid groups (broad SMARTS) is 1. The number of carbonyl (C=O) groups excluding carboxylic acids is 1. The van der Waals surface area contributed by atoms with Crippen LogP contribution in [0.1, 0.15) is 20.7 Å². The number of amides is 1. The van der Waals surface area contributed by atoms with Crippen LogP contribution >= 0.6 is 0 Å². The second kappa shape index (κ2) is 3.22. The molecule has 0 atom stereocenters. The fraction of sp³-hybridized carbons (Fsp3) is 0. The summed E-state index contributed by atoms with van der Waals surface area (Å²) < 4.78 is 12.9. The van der Waals surface area contributed by atoms with E-state index in [9.17, 15) is 14.0 Å². The monoisotopic (exact) mass is 183 g/mol. The Kier molecular flexibility index (Phi) is 2.27. The minimum atomic E-state index is -1.25. The van der Waals surface area contributed by atoms with Crippen LogP contribution < -0.4 is 5.73 Å². The number of rotatable bonds is 2. The van der Waals surface area contributed by atoms with Crippen LogP contribution in [0.5, 0.6) is 0 Å². The lowest BCUT2D eigenvalue weighted by Crippen LogP contribution is -2.13. The number of carbonyl (C=O) groups is 2. The van der Waals surface area contributed by atoms with Crippen molar-refractivity contribution >= 4 is 11.9 Å². The molecule has 13 heavy (non-hydrogen) atoms. The number of hydrogen-bond acceptors (Lipinski definition) is 2. The van der Waals surface area contributed by atoms with Crippen molar-refractivity contribution in [2.45, 2.75) is 0 Å². The Labute approximate surface area is 72.8 Å². The molecule has 0 saturated carbocycles. The molecule has 4 nitrogen and oxygen atoms in total. The first-order chi connectivity index (χ1) is 6.02. The third-order valence-electron chi connectivity index (χ3n) is 1.48. The summed E-state index contributed by atoms with van der Waals surface area (Å²) in [4.78, 5) is 20.9. The van der Waals surface area contributed by atoms with Gasteiger partial charge in [-0.25, -0.2) is 9.18 Å². The summed E-state index contributed by atoms with van der Waals surface area (Å²) in [5.74, 6) is -3.10. The van der Waals surface area contributed by atoms with E-state index >= 15 is 0 Å². The zero-order valence-electron chi connectivity index (χ0n) is 6.45. The van der Waals surface area contributed by atoms with Crippen molar-refractivity contribution < 1.29 is 19.1 Å². The highest BCUT2D eigenvalue weighted by molar-refractivity contribution is 5.95. The van der Waals surface area contributed by atoms with E-state index in [1.54, 1.807) is 0 Å². The Morgan fingerprint density at radius 1 is 1.38 bits per heavy atom. The SMILES string of the molecule is NC(=O)c1ccc(C(=O)O)cc1F. The van der Waals surface area contributed by atoms with E-state index < -0.39 is 17.7 Å². The molecule has 1 aromatic rings. The quantitative estimate of drug-likeness (QED) is 0.705. The average molecular weight is 183 g/mol. The van der Waals surface area contributed by atoms with Crippen LogP contribution in [-0.4, -0.2) is 17.0 Å². The van der Waals surface area contributed by atoms with Gasteiger partial charge in [-0.05, 0) is 18.2 Å². The molecule has 5 heteroatoms. The number of halogens is 1. The number of carboxylic acids is 1. The number of hydrogen-bond donors (Lipinski definition) is 2. The van der Waals surface area contributed by atoms with Crippen molar-refractivity contribution in [3.05, 3.63) is 35.1 Å². The predicted molar refractivity (Wildman–Crippen MR) is 41.9 cm³/mol. The van der Waals surface area contributed by atoms with Crippen molar-refractivity contribution in [2.75, 3.05) is 0 Å². The molecule has 0 aliphatic heterocycles. The second-order valence-corrected chi connectivity index (χ2v) is 2.36. The van der Waals surface area contributed by atoms with E-state index in [1.807, 2.05) is 0 Å². The molecular weight excluding hydrogens is 177 g/mol. The van der Waals surface area contributed by atoms with Crippen LogP contribution in [0.15, 0.2) is 18.2 Å². The van der Waals surface area contributed by atoms with E-state index in [0.29, 0.717) is 0 Å². The Morgan fingerprint density at radius 2 is 2.00 bits per heavy atom. The lowest BCUT2D eigenvalue weighted by Gasteiger charge is -1.98. The van der Waals surface area contributed by atoms with Gasteiger partial charge in [0.15, 0.2) is 0 Å². The van der Waals surface area contributed by atoms with Gasteiger partial charge in [-0.1, -0.05) is 0 Å². The summed E-state index contributed by atoms with van der Waals surface area (Å²) in [6.07, 6.45) is 0. The highest BCUT2D eigenvalue weighted by Crippen LogP contribution is 2.09. The fourth-order valence-corrected chi connectivity index (χ4v) is 0.848. The van der Waals surface area contributed by atoms with Gasteiger partial charge in [0, 0.05) is 0 Å². The van der Waals surface area contributed by atoms with Crippen LogP contribution in [0.25, 0.3) is 0 Å². The van der Waals surface area contributed by atoms with Crippen LogP contribution in [0, 0.1) is 5.82 Å². The molecule has 0 fully saturated rings. The normalized spacial score (nSPS) is 9.62. The van der Waals surface area contributed by atoms with E-state index in [0.717, 1.165) is 18.2 Å². The highest BCUT2D eigenvalue weighted by atomic mass is 19.1. The first kappa shape index (κ1) is 9.18. The summed E-state index contributed by atoms with van der Waals surface area (Å²) in [6.45, 7) is 0. The zero-order valence-corrected chi connectivity index (χ0v) is 6.45. The van der Waals surface area contributed by atoms with E-state index in [4.69, 9.17) is 10.8 Å². The molecule has 0 aromatic heterocycles. The van der Waals surface area contributed by atoms with Crippen molar-refractivity contribution in [3.8, 4) is 0 Å². The molecular formula is C8H6FNO3. The molecule has 0 aliphatic rings. The minimum absolute atomic E-state index is 0.220. The smallest absolute Gasteiger partial charge is 0.335 e. The Balaban J connectivity index is 3.20. The van der Waals surface area contributed by atoms with E-state index in [-0.39, 0.29) is 11.1 Å². The maximum absolute atomic E-state index is 12.9. The molecule has 0 radical (unpaired) electrons. The van der Waals surface area contributed by atoms with Gasteiger partial charge in [0.2, 0.25) is 0 Å². The van der Waals surface area contributed by atoms with Crippen LogP contribution in [0.2, 0.25) is 0 Å². The summed E-state index contributed by atoms with van der Waals surface area (Å²) in [5.41, 5.74) is 4.28. The number of benzene rings is 1. The van der Waals surface area contributed by atoms with Gasteiger partial charge in [-0.3, -0.25) is 4.79 Å². The highest BCUT2D eigenvalue weighted by Gasteiger charge is 2.11. The molecule has 3 N–H and O–H groups in total. The molecule has 1 rings (SSSR count). The maximum atomic E-state index is 12.9. The van der Waals surface area contributed by atoms with Gasteiger partial charge >= 0.3 is 5.97 Å². The van der Waals surface area contributed by atoms with Crippen LogP contribution in [0.4, 0.5) is 4.39 Å². The van der Waals surface area contributed by atoms with Gasteiger partial charge < -0.3 is 10.8 Å². The largest absolute Gasteiger partial charge is 0.478 e. The molecule has 0 bridgehead atoms. The first-order valence-corrected chi connectivity index (χ1v) is 3.35. The molecule has 0 unspecified atom stereocenters. The van der Waals surface area contributed by atoms with Gasteiger partial charge in [0.25, 0.3) is 5.91 Å². The van der Waals surface area contributed by atoms with Crippen LogP contribution in [0.3, 0.4) is 0 Å². The van der Waals surface area contributed by atoms with Crippen LogP contribution in [-0.2, 0) is 0 Å².